The van der Waals surface area contributed by atoms with Crippen LogP contribution in [-0.2, 0) is 31.2 Å². The predicted molar refractivity (Wildman–Crippen MR) is 134 cm³/mol. The van der Waals surface area contributed by atoms with Gasteiger partial charge in [0.25, 0.3) is 0 Å². The second kappa shape index (κ2) is 10.2. The highest BCUT2D eigenvalue weighted by molar-refractivity contribution is 5.79. The van der Waals surface area contributed by atoms with Crippen molar-refractivity contribution in [3.63, 3.8) is 0 Å². The minimum absolute atomic E-state index is 0.00608. The minimum Gasteiger partial charge on any atom is -0.476 e. The molecule has 0 spiro atoms. The highest BCUT2D eigenvalue weighted by Crippen LogP contribution is 2.38. The van der Waals surface area contributed by atoms with Gasteiger partial charge in [-0.15, -0.1) is 0 Å². The molecule has 2 aliphatic heterocycles. The number of nitrogens with zero attached hydrogens (tertiary/aromatic N) is 2. The van der Waals surface area contributed by atoms with Crippen LogP contribution in [0.4, 0.5) is 9.18 Å². The lowest BCUT2D eigenvalue weighted by Gasteiger charge is -2.37. The maximum absolute atomic E-state index is 15.1. The van der Waals surface area contributed by atoms with Crippen LogP contribution in [0.15, 0.2) is 18.2 Å². The van der Waals surface area contributed by atoms with Crippen LogP contribution in [0.3, 0.4) is 0 Å². The maximum Gasteiger partial charge on any atom is 0.410 e. The molecular weight excluding hydrogens is 467 g/mol. The Morgan fingerprint density at radius 3 is 2.03 bits per heavy atom. The van der Waals surface area contributed by atoms with Crippen LogP contribution in [0.2, 0.25) is 0 Å². The van der Waals surface area contributed by atoms with Gasteiger partial charge in [0, 0.05) is 38.3 Å². The Balaban J connectivity index is 1.75. The molecule has 0 radical (unpaired) electrons. The lowest BCUT2D eigenvalue weighted by atomic mass is 9.92. The molecule has 1 aromatic rings. The number of halogens is 1. The van der Waals surface area contributed by atoms with Gasteiger partial charge >= 0.3 is 12.1 Å². The van der Waals surface area contributed by atoms with Gasteiger partial charge in [0.15, 0.2) is 11.3 Å². The van der Waals surface area contributed by atoms with E-state index in [2.05, 4.69) is 4.90 Å². The van der Waals surface area contributed by atoms with E-state index in [0.29, 0.717) is 44.0 Å². The standard InChI is InChI=1S/C27H41FN2O6/c1-24(2,3)35-22(31)26(7,8)34-21-15-20(27(28)17-33-18-27)10-9-19(21)16-29-11-13-30(14-12-29)23(32)36-25(4,5)6/h9-10,15H,11-14,16-18H2,1-8H3. The molecule has 36 heavy (non-hydrogen) atoms. The monoisotopic (exact) mass is 508 g/mol. The molecule has 3 rings (SSSR count). The number of piperazine rings is 1. The summed E-state index contributed by atoms with van der Waals surface area (Å²) in [6.07, 6.45) is -0.314. The first-order valence-electron chi connectivity index (χ1n) is 12.5. The van der Waals surface area contributed by atoms with Gasteiger partial charge in [0.2, 0.25) is 0 Å². The van der Waals surface area contributed by atoms with E-state index in [1.165, 1.54) is 0 Å². The zero-order valence-corrected chi connectivity index (χ0v) is 22.9. The maximum atomic E-state index is 15.1. The Morgan fingerprint density at radius 2 is 1.53 bits per heavy atom. The fourth-order valence-electron chi connectivity index (χ4n) is 3.88. The van der Waals surface area contributed by atoms with Gasteiger partial charge in [-0.2, -0.15) is 0 Å². The predicted octanol–water partition coefficient (Wildman–Crippen LogP) is 4.43. The van der Waals surface area contributed by atoms with E-state index >= 15 is 4.39 Å². The van der Waals surface area contributed by atoms with Gasteiger partial charge in [0.05, 0.1) is 13.2 Å². The van der Waals surface area contributed by atoms with Crippen LogP contribution in [-0.4, -0.2) is 78.1 Å². The fraction of sp³-hybridized carbons (Fsp3) is 0.704. The SMILES string of the molecule is CC(C)(C)OC(=O)N1CCN(Cc2ccc(C3(F)COC3)cc2OC(C)(C)C(=O)OC(C)(C)C)CC1. The number of carbonyl (C=O) groups is 2. The summed E-state index contributed by atoms with van der Waals surface area (Å²) >= 11 is 0. The summed E-state index contributed by atoms with van der Waals surface area (Å²) in [5.41, 5.74) is -2.76. The average Bonchev–Trinajstić information content (AvgIpc) is 2.71. The number of esters is 1. The Morgan fingerprint density at radius 1 is 0.944 bits per heavy atom. The third-order valence-electron chi connectivity index (χ3n) is 5.92. The normalized spacial score (nSPS) is 18.9. The highest BCUT2D eigenvalue weighted by atomic mass is 19.1. The van der Waals surface area contributed by atoms with E-state index in [9.17, 15) is 9.59 Å². The van der Waals surface area contributed by atoms with Crippen molar-refractivity contribution >= 4 is 12.1 Å². The largest absolute Gasteiger partial charge is 0.476 e. The Hall–Kier alpha value is -2.39. The van der Waals surface area contributed by atoms with Crippen molar-refractivity contribution in [1.82, 2.24) is 9.80 Å². The van der Waals surface area contributed by atoms with E-state index in [-0.39, 0.29) is 19.3 Å². The fourth-order valence-corrected chi connectivity index (χ4v) is 3.88. The molecule has 0 atom stereocenters. The van der Waals surface area contributed by atoms with Crippen molar-refractivity contribution < 1.29 is 32.9 Å². The molecule has 8 nitrogen and oxygen atoms in total. The van der Waals surface area contributed by atoms with Gasteiger partial charge < -0.3 is 23.8 Å². The molecule has 0 unspecified atom stereocenters. The lowest BCUT2D eigenvalue weighted by Crippen LogP contribution is -2.49. The quantitative estimate of drug-likeness (QED) is 0.526. The minimum atomic E-state index is -1.56. The Kier molecular flexibility index (Phi) is 7.96. The van der Waals surface area contributed by atoms with Crippen molar-refractivity contribution in [2.24, 2.45) is 0 Å². The van der Waals surface area contributed by atoms with Crippen LogP contribution in [0.5, 0.6) is 5.75 Å². The first-order chi connectivity index (χ1) is 16.5. The molecule has 1 aromatic carbocycles. The van der Waals surface area contributed by atoms with Crippen molar-refractivity contribution in [3.8, 4) is 5.75 Å². The van der Waals surface area contributed by atoms with Crippen molar-refractivity contribution in [1.29, 1.82) is 0 Å². The molecule has 0 N–H and O–H groups in total. The molecule has 1 amide bonds. The Bertz CT molecular complexity index is 954. The molecule has 2 aliphatic rings. The summed E-state index contributed by atoms with van der Waals surface area (Å²) in [7, 11) is 0. The second-order valence-electron chi connectivity index (χ2n) is 12.1. The number of amides is 1. The molecule has 0 bridgehead atoms. The zero-order valence-electron chi connectivity index (χ0n) is 22.9. The molecule has 2 heterocycles. The number of ether oxygens (including phenoxy) is 4. The van der Waals surface area contributed by atoms with Crippen LogP contribution < -0.4 is 4.74 Å². The molecular formula is C27H41FN2O6. The number of carbonyl (C=O) groups excluding carboxylic acids is 2. The van der Waals surface area contributed by atoms with E-state index in [1.807, 2.05) is 26.8 Å². The molecule has 2 saturated heterocycles. The van der Waals surface area contributed by atoms with Gasteiger partial charge in [-0.25, -0.2) is 14.0 Å². The van der Waals surface area contributed by atoms with Crippen molar-refractivity contribution in [2.75, 3.05) is 39.4 Å². The average molecular weight is 509 g/mol. The van der Waals surface area contributed by atoms with Crippen molar-refractivity contribution in [3.05, 3.63) is 29.3 Å². The third-order valence-corrected chi connectivity index (χ3v) is 5.92. The molecule has 9 heteroatoms. The topological polar surface area (TPSA) is 77.5 Å². The number of hydrogen-bond donors (Lipinski definition) is 0. The van der Waals surface area contributed by atoms with Gasteiger partial charge in [-0.05, 0) is 67.0 Å². The summed E-state index contributed by atoms with van der Waals surface area (Å²) in [5.74, 6) is -0.0684. The smallest absolute Gasteiger partial charge is 0.410 e. The summed E-state index contributed by atoms with van der Waals surface area (Å²) < 4.78 is 37.5. The van der Waals surface area contributed by atoms with Crippen LogP contribution in [0.1, 0.15) is 66.5 Å². The van der Waals surface area contributed by atoms with Gasteiger partial charge in [-0.3, -0.25) is 4.90 Å². The van der Waals surface area contributed by atoms with E-state index in [1.54, 1.807) is 51.7 Å². The summed E-state index contributed by atoms with van der Waals surface area (Å²) in [6, 6.07) is 5.26. The third kappa shape index (κ3) is 7.32. The van der Waals surface area contributed by atoms with E-state index in [4.69, 9.17) is 18.9 Å². The zero-order chi connectivity index (χ0) is 26.9. The lowest BCUT2D eigenvalue weighted by molar-refractivity contribution is -0.171. The van der Waals surface area contributed by atoms with E-state index in [0.717, 1.165) is 5.56 Å². The molecule has 0 aliphatic carbocycles. The number of rotatable bonds is 6. The number of hydrogen-bond acceptors (Lipinski definition) is 7. The first-order valence-corrected chi connectivity index (χ1v) is 12.5. The van der Waals surface area contributed by atoms with Crippen LogP contribution in [0, 0.1) is 0 Å². The molecule has 202 valence electrons. The van der Waals surface area contributed by atoms with Crippen LogP contribution >= 0.6 is 0 Å². The summed E-state index contributed by atoms with van der Waals surface area (Å²) in [5, 5.41) is 0. The van der Waals surface area contributed by atoms with Crippen molar-refractivity contribution in [2.45, 2.75) is 84.4 Å². The molecule has 2 fully saturated rings. The first kappa shape index (κ1) is 28.2. The number of benzene rings is 1. The number of alkyl halides is 1. The Labute approximate surface area is 214 Å². The van der Waals surface area contributed by atoms with E-state index < -0.39 is 28.4 Å². The summed E-state index contributed by atoms with van der Waals surface area (Å²) in [6.45, 7) is 17.1. The second-order valence-corrected chi connectivity index (χ2v) is 12.1. The van der Waals surface area contributed by atoms with Gasteiger partial charge in [0.1, 0.15) is 17.0 Å². The van der Waals surface area contributed by atoms with Gasteiger partial charge in [-0.1, -0.05) is 12.1 Å². The molecule has 0 saturated carbocycles. The summed E-state index contributed by atoms with van der Waals surface area (Å²) in [4.78, 5) is 29.1. The highest BCUT2D eigenvalue weighted by Gasteiger charge is 2.42. The molecule has 0 aromatic heterocycles. The van der Waals surface area contributed by atoms with Crippen LogP contribution in [0.25, 0.3) is 0 Å².